The van der Waals surface area contributed by atoms with Crippen molar-refractivity contribution in [2.45, 2.75) is 19.0 Å². The van der Waals surface area contributed by atoms with Crippen LogP contribution >= 0.6 is 23.4 Å². The zero-order valence-electron chi connectivity index (χ0n) is 14.5. The highest BCUT2D eigenvalue weighted by molar-refractivity contribution is 7.99. The summed E-state index contributed by atoms with van der Waals surface area (Å²) >= 11 is 7.65. The molecule has 3 aromatic rings. The van der Waals surface area contributed by atoms with Gasteiger partial charge in [-0.3, -0.25) is 9.36 Å². The lowest BCUT2D eigenvalue weighted by molar-refractivity contribution is -0.139. The molecule has 0 fully saturated rings. The normalized spacial score (nSPS) is 10.7. The Morgan fingerprint density at radius 1 is 1.15 bits per heavy atom. The third-order valence-corrected chi connectivity index (χ3v) is 4.90. The first-order valence-electron chi connectivity index (χ1n) is 8.16. The zero-order chi connectivity index (χ0) is 18.5. The number of aromatic nitrogens is 3. The maximum atomic E-state index is 11.7. The lowest BCUT2D eigenvalue weighted by Crippen LogP contribution is -2.08. The molecule has 0 amide bonds. The number of carbonyl (C=O) groups excluding carboxylic acids is 1. The number of thioether (sulfide) groups is 1. The first kappa shape index (κ1) is 18.5. The van der Waals surface area contributed by atoms with Gasteiger partial charge in [0.25, 0.3) is 0 Å². The lowest BCUT2D eigenvalue weighted by atomic mass is 10.2. The van der Waals surface area contributed by atoms with E-state index in [9.17, 15) is 4.79 Å². The van der Waals surface area contributed by atoms with Gasteiger partial charge in [-0.2, -0.15) is 0 Å². The van der Waals surface area contributed by atoms with Crippen molar-refractivity contribution < 1.29 is 9.53 Å². The summed E-state index contributed by atoms with van der Waals surface area (Å²) in [4.78, 5) is 11.7. The van der Waals surface area contributed by atoms with E-state index in [1.54, 1.807) is 6.92 Å². The van der Waals surface area contributed by atoms with Crippen molar-refractivity contribution in [2.75, 3.05) is 12.4 Å². The van der Waals surface area contributed by atoms with E-state index in [4.69, 9.17) is 16.3 Å². The maximum absolute atomic E-state index is 11.7. The molecule has 7 heteroatoms. The standard InChI is InChI=1S/C19H18ClN3O2S/c1-3-25-17(24)12-26-19-22-21-18(15-6-4-5-7-16(15)20)23(19)14-10-8-13(2)9-11-14/h4-11H,3,12H2,1-2H3. The monoisotopic (exact) mass is 387 g/mol. The van der Waals surface area contributed by atoms with Gasteiger partial charge in [-0.25, -0.2) is 0 Å². The highest BCUT2D eigenvalue weighted by atomic mass is 35.5. The molecule has 0 N–H and O–H groups in total. The highest BCUT2D eigenvalue weighted by Crippen LogP contribution is 2.31. The summed E-state index contributed by atoms with van der Waals surface area (Å²) in [6.07, 6.45) is 0. The largest absolute Gasteiger partial charge is 0.465 e. The number of rotatable bonds is 6. The predicted octanol–water partition coefficient (Wildman–Crippen LogP) is 4.55. The number of nitrogens with zero attached hydrogens (tertiary/aromatic N) is 3. The van der Waals surface area contributed by atoms with Crippen LogP contribution in [0.2, 0.25) is 5.02 Å². The van der Waals surface area contributed by atoms with Crippen molar-refractivity contribution in [2.24, 2.45) is 0 Å². The van der Waals surface area contributed by atoms with Crippen LogP contribution in [0.4, 0.5) is 0 Å². The van der Waals surface area contributed by atoms with Crippen LogP contribution in [0.25, 0.3) is 17.1 Å². The molecule has 1 heterocycles. The zero-order valence-corrected chi connectivity index (χ0v) is 16.0. The topological polar surface area (TPSA) is 57.0 Å². The maximum Gasteiger partial charge on any atom is 0.316 e. The van der Waals surface area contributed by atoms with Gasteiger partial charge in [-0.05, 0) is 38.1 Å². The minimum absolute atomic E-state index is 0.167. The van der Waals surface area contributed by atoms with E-state index in [0.717, 1.165) is 16.8 Å². The van der Waals surface area contributed by atoms with E-state index in [1.165, 1.54) is 11.8 Å². The number of hydrogen-bond donors (Lipinski definition) is 0. The van der Waals surface area contributed by atoms with Crippen LogP contribution in [-0.4, -0.2) is 33.1 Å². The van der Waals surface area contributed by atoms with E-state index < -0.39 is 0 Å². The van der Waals surface area contributed by atoms with Crippen LogP contribution < -0.4 is 0 Å². The van der Waals surface area contributed by atoms with Crippen LogP contribution in [0, 0.1) is 6.92 Å². The van der Waals surface area contributed by atoms with Crippen molar-refractivity contribution in [3.8, 4) is 17.1 Å². The number of esters is 1. The molecule has 0 aliphatic rings. The molecule has 0 bridgehead atoms. The van der Waals surface area contributed by atoms with Crippen molar-refractivity contribution in [1.82, 2.24) is 14.8 Å². The average Bonchev–Trinajstić information content (AvgIpc) is 3.05. The Bertz CT molecular complexity index is 909. The minimum atomic E-state index is -0.282. The Labute approximate surface area is 161 Å². The SMILES string of the molecule is CCOC(=O)CSc1nnc(-c2ccccc2Cl)n1-c1ccc(C)cc1. The first-order valence-corrected chi connectivity index (χ1v) is 9.52. The quantitative estimate of drug-likeness (QED) is 0.458. The summed E-state index contributed by atoms with van der Waals surface area (Å²) < 4.78 is 6.90. The fourth-order valence-corrected chi connectivity index (χ4v) is 3.40. The summed E-state index contributed by atoms with van der Waals surface area (Å²) in [5, 5.41) is 9.80. The van der Waals surface area contributed by atoms with Gasteiger partial charge in [-0.1, -0.05) is 53.2 Å². The second-order valence-electron chi connectivity index (χ2n) is 5.55. The molecule has 2 aromatic carbocycles. The molecule has 0 unspecified atom stereocenters. The van der Waals surface area contributed by atoms with Crippen LogP contribution in [0.5, 0.6) is 0 Å². The number of aryl methyl sites for hydroxylation is 1. The van der Waals surface area contributed by atoms with Crippen molar-refractivity contribution in [1.29, 1.82) is 0 Å². The highest BCUT2D eigenvalue weighted by Gasteiger charge is 2.19. The molecule has 0 aliphatic heterocycles. The smallest absolute Gasteiger partial charge is 0.316 e. The third-order valence-electron chi connectivity index (χ3n) is 3.66. The number of hydrogen-bond acceptors (Lipinski definition) is 5. The van der Waals surface area contributed by atoms with Crippen LogP contribution in [0.1, 0.15) is 12.5 Å². The molecule has 1 aromatic heterocycles. The molecule has 3 rings (SSSR count). The van der Waals surface area contributed by atoms with Gasteiger partial charge in [0.2, 0.25) is 0 Å². The molecular formula is C19H18ClN3O2S. The Kier molecular flexibility index (Phi) is 5.96. The summed E-state index contributed by atoms with van der Waals surface area (Å²) in [5.41, 5.74) is 2.84. The van der Waals surface area contributed by atoms with E-state index in [2.05, 4.69) is 10.2 Å². The summed E-state index contributed by atoms with van der Waals surface area (Å²) in [6, 6.07) is 15.5. The Balaban J connectivity index is 2.04. The molecule has 0 radical (unpaired) electrons. The average molecular weight is 388 g/mol. The second-order valence-corrected chi connectivity index (χ2v) is 6.90. The molecule has 0 saturated carbocycles. The number of benzene rings is 2. The van der Waals surface area contributed by atoms with Gasteiger partial charge in [-0.15, -0.1) is 10.2 Å². The van der Waals surface area contributed by atoms with E-state index >= 15 is 0 Å². The van der Waals surface area contributed by atoms with Crippen LogP contribution in [0.3, 0.4) is 0 Å². The lowest BCUT2D eigenvalue weighted by Gasteiger charge is -2.11. The van der Waals surface area contributed by atoms with Gasteiger partial charge in [0.15, 0.2) is 11.0 Å². The molecule has 134 valence electrons. The van der Waals surface area contributed by atoms with Crippen LogP contribution in [0.15, 0.2) is 53.7 Å². The molecule has 26 heavy (non-hydrogen) atoms. The van der Waals surface area contributed by atoms with E-state index in [-0.39, 0.29) is 11.7 Å². The molecule has 0 saturated heterocycles. The van der Waals surface area contributed by atoms with E-state index in [0.29, 0.717) is 22.6 Å². The van der Waals surface area contributed by atoms with Crippen molar-refractivity contribution in [3.05, 3.63) is 59.1 Å². The van der Waals surface area contributed by atoms with Gasteiger partial charge in [0.1, 0.15) is 0 Å². The molecule has 0 spiro atoms. The van der Waals surface area contributed by atoms with Gasteiger partial charge in [0, 0.05) is 11.3 Å². The number of ether oxygens (including phenoxy) is 1. The summed E-state index contributed by atoms with van der Waals surface area (Å²) in [5.74, 6) is 0.515. The van der Waals surface area contributed by atoms with Gasteiger partial charge in [0.05, 0.1) is 17.4 Å². The fraction of sp³-hybridized carbons (Fsp3) is 0.211. The van der Waals surface area contributed by atoms with Crippen LogP contribution in [-0.2, 0) is 9.53 Å². The van der Waals surface area contributed by atoms with Gasteiger partial charge >= 0.3 is 5.97 Å². The Morgan fingerprint density at radius 2 is 1.88 bits per heavy atom. The van der Waals surface area contributed by atoms with Crippen molar-refractivity contribution >= 4 is 29.3 Å². The number of carbonyl (C=O) groups is 1. The Morgan fingerprint density at radius 3 is 2.58 bits per heavy atom. The molecular weight excluding hydrogens is 370 g/mol. The molecule has 5 nitrogen and oxygen atoms in total. The molecule has 0 atom stereocenters. The van der Waals surface area contributed by atoms with Gasteiger partial charge < -0.3 is 4.74 Å². The van der Waals surface area contributed by atoms with Crippen molar-refractivity contribution in [3.63, 3.8) is 0 Å². The predicted molar refractivity (Wildman–Crippen MR) is 104 cm³/mol. The Hall–Kier alpha value is -2.31. The summed E-state index contributed by atoms with van der Waals surface area (Å²) in [6.45, 7) is 4.17. The number of halogens is 1. The molecule has 0 aliphatic carbocycles. The first-order chi connectivity index (χ1) is 12.6. The summed E-state index contributed by atoms with van der Waals surface area (Å²) in [7, 11) is 0. The fourth-order valence-electron chi connectivity index (χ4n) is 2.43. The second kappa shape index (κ2) is 8.38. The van der Waals surface area contributed by atoms with E-state index in [1.807, 2.05) is 60.0 Å². The third kappa shape index (κ3) is 4.08. The minimum Gasteiger partial charge on any atom is -0.465 e.